The molecule has 1 N–H and O–H groups in total. The molecule has 168 valence electrons. The Kier molecular flexibility index (Phi) is 8.00. The Morgan fingerprint density at radius 1 is 1.03 bits per heavy atom. The number of piperazine rings is 1. The van der Waals surface area contributed by atoms with Crippen molar-refractivity contribution >= 4 is 21.4 Å². The van der Waals surface area contributed by atoms with E-state index in [4.69, 9.17) is 0 Å². The Hall–Kier alpha value is -2.49. The second kappa shape index (κ2) is 10.7. The standard InChI is InChI=1S/C22H30N4O4S/c1-19-5-4-6-22(17-19)25-15-13-24(14-16-25)12-3-2-11-23-31(29,30)18-20-7-9-21(10-8-20)26(27)28/h4-10,17,23H,2-3,11-16,18H2,1H3. The molecule has 3 rings (SSSR count). The molecule has 0 bridgehead atoms. The van der Waals surface area contributed by atoms with E-state index in [0.717, 1.165) is 45.6 Å². The number of nitro groups is 1. The van der Waals surface area contributed by atoms with Crippen LogP contribution in [0.1, 0.15) is 24.0 Å². The van der Waals surface area contributed by atoms with Crippen molar-refractivity contribution in [2.75, 3.05) is 44.2 Å². The molecule has 2 aromatic rings. The average Bonchev–Trinajstić information content (AvgIpc) is 2.74. The van der Waals surface area contributed by atoms with Gasteiger partial charge in [0.2, 0.25) is 10.0 Å². The van der Waals surface area contributed by atoms with Crippen LogP contribution < -0.4 is 9.62 Å². The summed E-state index contributed by atoms with van der Waals surface area (Å²) in [6.45, 7) is 7.51. The molecule has 9 heteroatoms. The van der Waals surface area contributed by atoms with Crippen LogP contribution >= 0.6 is 0 Å². The summed E-state index contributed by atoms with van der Waals surface area (Å²) < 4.78 is 27.1. The molecule has 0 atom stereocenters. The Bertz CT molecular complexity index is 971. The summed E-state index contributed by atoms with van der Waals surface area (Å²) in [6, 6.07) is 14.2. The third kappa shape index (κ3) is 7.30. The van der Waals surface area contributed by atoms with Gasteiger partial charge in [-0.3, -0.25) is 15.0 Å². The average molecular weight is 447 g/mol. The molecule has 0 radical (unpaired) electrons. The van der Waals surface area contributed by atoms with Crippen LogP contribution in [0.4, 0.5) is 11.4 Å². The maximum Gasteiger partial charge on any atom is 0.269 e. The summed E-state index contributed by atoms with van der Waals surface area (Å²) in [5, 5.41) is 10.7. The largest absolute Gasteiger partial charge is 0.369 e. The topological polar surface area (TPSA) is 95.8 Å². The predicted molar refractivity (Wildman–Crippen MR) is 123 cm³/mol. The van der Waals surface area contributed by atoms with Crippen molar-refractivity contribution in [3.63, 3.8) is 0 Å². The van der Waals surface area contributed by atoms with E-state index in [0.29, 0.717) is 12.1 Å². The van der Waals surface area contributed by atoms with Crippen molar-refractivity contribution in [2.45, 2.75) is 25.5 Å². The number of nitrogens with zero attached hydrogens (tertiary/aromatic N) is 3. The molecule has 0 spiro atoms. The van der Waals surface area contributed by atoms with Crippen LogP contribution in [0.25, 0.3) is 0 Å². The minimum atomic E-state index is -3.45. The first-order valence-electron chi connectivity index (χ1n) is 10.6. The van der Waals surface area contributed by atoms with Gasteiger partial charge in [-0.2, -0.15) is 0 Å². The molecular weight excluding hydrogens is 416 g/mol. The fourth-order valence-electron chi connectivity index (χ4n) is 3.73. The van der Waals surface area contributed by atoms with Gasteiger partial charge in [0, 0.05) is 50.5 Å². The zero-order valence-electron chi connectivity index (χ0n) is 17.9. The van der Waals surface area contributed by atoms with Gasteiger partial charge in [0.1, 0.15) is 0 Å². The number of sulfonamides is 1. The zero-order chi connectivity index (χ0) is 22.3. The molecule has 0 unspecified atom stereocenters. The minimum absolute atomic E-state index is 0.0474. The summed E-state index contributed by atoms with van der Waals surface area (Å²) >= 11 is 0. The fraction of sp³-hybridized carbons (Fsp3) is 0.455. The fourth-order valence-corrected chi connectivity index (χ4v) is 4.92. The third-order valence-corrected chi connectivity index (χ3v) is 6.82. The highest BCUT2D eigenvalue weighted by Crippen LogP contribution is 2.18. The van der Waals surface area contributed by atoms with Gasteiger partial charge in [0.25, 0.3) is 5.69 Å². The number of benzene rings is 2. The quantitative estimate of drug-likeness (QED) is 0.342. The number of hydrogen-bond donors (Lipinski definition) is 1. The molecule has 0 aromatic heterocycles. The van der Waals surface area contributed by atoms with E-state index in [1.165, 1.54) is 35.5 Å². The van der Waals surface area contributed by atoms with Crippen molar-refractivity contribution in [1.29, 1.82) is 0 Å². The Labute approximate surface area is 184 Å². The first-order chi connectivity index (χ1) is 14.8. The molecule has 1 heterocycles. The van der Waals surface area contributed by atoms with Crippen LogP contribution in [0, 0.1) is 17.0 Å². The van der Waals surface area contributed by atoms with Gasteiger partial charge in [0.15, 0.2) is 0 Å². The molecule has 2 aromatic carbocycles. The second-order valence-corrected chi connectivity index (χ2v) is 9.76. The molecule has 1 saturated heterocycles. The highest BCUT2D eigenvalue weighted by atomic mass is 32.2. The van der Waals surface area contributed by atoms with Gasteiger partial charge in [-0.25, -0.2) is 13.1 Å². The van der Waals surface area contributed by atoms with Crippen molar-refractivity contribution in [3.8, 4) is 0 Å². The summed E-state index contributed by atoms with van der Waals surface area (Å²) in [4.78, 5) is 15.0. The normalized spacial score (nSPS) is 15.2. The molecule has 31 heavy (non-hydrogen) atoms. The maximum absolute atomic E-state index is 12.2. The molecular formula is C22H30N4O4S. The lowest BCUT2D eigenvalue weighted by molar-refractivity contribution is -0.384. The van der Waals surface area contributed by atoms with Gasteiger partial charge >= 0.3 is 0 Å². The van der Waals surface area contributed by atoms with Crippen molar-refractivity contribution in [2.24, 2.45) is 0 Å². The number of unbranched alkanes of at least 4 members (excludes halogenated alkanes) is 1. The predicted octanol–water partition coefficient (Wildman–Crippen LogP) is 2.93. The third-order valence-electron chi connectivity index (χ3n) is 5.47. The number of non-ortho nitro benzene ring substituents is 1. The van der Waals surface area contributed by atoms with E-state index in [1.807, 2.05) is 0 Å². The van der Waals surface area contributed by atoms with Crippen LogP contribution in [0.5, 0.6) is 0 Å². The van der Waals surface area contributed by atoms with Gasteiger partial charge in [0.05, 0.1) is 10.7 Å². The lowest BCUT2D eigenvalue weighted by Crippen LogP contribution is -2.46. The summed E-state index contributed by atoms with van der Waals surface area (Å²) in [5.74, 6) is -0.175. The Morgan fingerprint density at radius 3 is 2.39 bits per heavy atom. The second-order valence-electron chi connectivity index (χ2n) is 7.95. The number of anilines is 1. The molecule has 0 aliphatic carbocycles. The maximum atomic E-state index is 12.2. The van der Waals surface area contributed by atoms with Crippen LogP contribution in [0.3, 0.4) is 0 Å². The number of rotatable bonds is 10. The summed E-state index contributed by atoms with van der Waals surface area (Å²) in [6.07, 6.45) is 1.71. The lowest BCUT2D eigenvalue weighted by atomic mass is 10.2. The number of nitrogens with one attached hydrogen (secondary N) is 1. The SMILES string of the molecule is Cc1cccc(N2CCN(CCCCNS(=O)(=O)Cc3ccc([N+](=O)[O-])cc3)CC2)c1. The Balaban J connectivity index is 1.32. The summed E-state index contributed by atoms with van der Waals surface area (Å²) in [7, 11) is -3.45. The molecule has 0 amide bonds. The zero-order valence-corrected chi connectivity index (χ0v) is 18.7. The van der Waals surface area contributed by atoms with Crippen LogP contribution in [0.15, 0.2) is 48.5 Å². The van der Waals surface area contributed by atoms with E-state index in [2.05, 4.69) is 45.7 Å². The van der Waals surface area contributed by atoms with Crippen LogP contribution in [0.2, 0.25) is 0 Å². The number of aryl methyl sites for hydroxylation is 1. The lowest BCUT2D eigenvalue weighted by Gasteiger charge is -2.36. The molecule has 8 nitrogen and oxygen atoms in total. The van der Waals surface area contributed by atoms with Crippen molar-refractivity contribution < 1.29 is 13.3 Å². The van der Waals surface area contributed by atoms with Crippen LogP contribution in [-0.2, 0) is 15.8 Å². The highest BCUT2D eigenvalue weighted by molar-refractivity contribution is 7.88. The monoisotopic (exact) mass is 446 g/mol. The van der Waals surface area contributed by atoms with E-state index in [1.54, 1.807) is 0 Å². The molecule has 0 saturated carbocycles. The van der Waals surface area contributed by atoms with E-state index < -0.39 is 14.9 Å². The number of hydrogen-bond acceptors (Lipinski definition) is 6. The Morgan fingerprint density at radius 2 is 1.74 bits per heavy atom. The number of nitro benzene ring substituents is 1. The van der Waals surface area contributed by atoms with Crippen LogP contribution in [-0.4, -0.2) is 57.5 Å². The van der Waals surface area contributed by atoms with E-state index in [-0.39, 0.29) is 11.4 Å². The van der Waals surface area contributed by atoms with Crippen molar-refractivity contribution in [1.82, 2.24) is 9.62 Å². The van der Waals surface area contributed by atoms with Gasteiger partial charge < -0.3 is 4.90 Å². The first-order valence-corrected chi connectivity index (χ1v) is 12.2. The van der Waals surface area contributed by atoms with E-state index in [9.17, 15) is 18.5 Å². The van der Waals surface area contributed by atoms with Crippen molar-refractivity contribution in [3.05, 3.63) is 69.8 Å². The van der Waals surface area contributed by atoms with Gasteiger partial charge in [-0.15, -0.1) is 0 Å². The highest BCUT2D eigenvalue weighted by Gasteiger charge is 2.17. The van der Waals surface area contributed by atoms with E-state index >= 15 is 0 Å². The minimum Gasteiger partial charge on any atom is -0.369 e. The van der Waals surface area contributed by atoms with Gasteiger partial charge in [-0.1, -0.05) is 24.3 Å². The molecule has 1 aliphatic rings. The first kappa shape index (κ1) is 23.2. The van der Waals surface area contributed by atoms with Gasteiger partial charge in [-0.05, 0) is 49.6 Å². The smallest absolute Gasteiger partial charge is 0.269 e. The summed E-state index contributed by atoms with van der Waals surface area (Å²) in [5.41, 5.74) is 3.04. The molecule has 1 aliphatic heterocycles. The molecule has 1 fully saturated rings.